The van der Waals surface area contributed by atoms with Crippen molar-refractivity contribution >= 4 is 11.6 Å². The number of hydrogen-bond donors (Lipinski definition) is 1. The number of hydrogen-bond acceptors (Lipinski definition) is 3. The molecule has 1 N–H and O–H groups in total. The second kappa shape index (κ2) is 8.41. The Morgan fingerprint density at radius 3 is 2.35 bits per heavy atom. The highest BCUT2D eigenvalue weighted by Gasteiger charge is 2.30. The van der Waals surface area contributed by atoms with Crippen LogP contribution in [0.4, 0.5) is 18.9 Å². The van der Waals surface area contributed by atoms with E-state index in [1.54, 1.807) is 12.4 Å². The maximum Gasteiger partial charge on any atom is 0.416 e. The zero-order chi connectivity index (χ0) is 22.0. The third-order valence-electron chi connectivity index (χ3n) is 5.51. The molecule has 0 unspecified atom stereocenters. The molecule has 0 spiro atoms. The highest BCUT2D eigenvalue weighted by Crippen LogP contribution is 2.32. The van der Waals surface area contributed by atoms with E-state index in [-0.39, 0.29) is 11.9 Å². The van der Waals surface area contributed by atoms with Gasteiger partial charge in [-0.15, -0.1) is 0 Å². The van der Waals surface area contributed by atoms with Gasteiger partial charge in [-0.05, 0) is 65.9 Å². The van der Waals surface area contributed by atoms with Crippen LogP contribution in [0.5, 0.6) is 0 Å². The molecule has 4 nitrogen and oxygen atoms in total. The van der Waals surface area contributed by atoms with Gasteiger partial charge in [0, 0.05) is 31.2 Å². The molecule has 0 radical (unpaired) electrons. The molecule has 1 atom stereocenters. The maximum atomic E-state index is 12.9. The maximum absolute atomic E-state index is 12.9. The molecular formula is C24H22F3N3O. The van der Waals surface area contributed by atoms with Crippen molar-refractivity contribution in [3.8, 4) is 11.1 Å². The molecule has 4 rings (SSSR count). The number of nitrogens with one attached hydrogen (secondary N) is 1. The van der Waals surface area contributed by atoms with Crippen LogP contribution < -0.4 is 5.32 Å². The van der Waals surface area contributed by atoms with Gasteiger partial charge in [0.1, 0.15) is 6.04 Å². The standard InChI is InChI=1S/C24H22F3N3O/c1-16(29-22-8-11-28-12-9-22)23(31)30-13-10-18-2-3-19(14-20(18)15-30)17-4-6-21(7-5-17)24(25,26)27/h2-9,11-12,14,16H,10,13,15H2,1H3,(H,28,29)/t16-/m1/s1. The lowest BCUT2D eigenvalue weighted by Crippen LogP contribution is -2.43. The minimum absolute atomic E-state index is 0.00222. The van der Waals surface area contributed by atoms with E-state index in [0.717, 1.165) is 40.9 Å². The lowest BCUT2D eigenvalue weighted by atomic mass is 9.94. The number of fused-ring (bicyclic) bond motifs is 1. The Bertz CT molecular complexity index is 1070. The summed E-state index contributed by atoms with van der Waals surface area (Å²) in [7, 11) is 0. The Hall–Kier alpha value is -3.35. The monoisotopic (exact) mass is 425 g/mol. The average Bonchev–Trinajstić information content (AvgIpc) is 2.78. The summed E-state index contributed by atoms with van der Waals surface area (Å²) < 4.78 is 38.5. The number of nitrogens with zero attached hydrogens (tertiary/aromatic N) is 2. The van der Waals surface area contributed by atoms with Gasteiger partial charge in [-0.3, -0.25) is 9.78 Å². The first-order chi connectivity index (χ1) is 14.8. The van der Waals surface area contributed by atoms with Crippen LogP contribution in [-0.2, 0) is 23.9 Å². The lowest BCUT2D eigenvalue weighted by molar-refractivity contribution is -0.137. The Morgan fingerprint density at radius 1 is 1.00 bits per heavy atom. The molecule has 1 aliphatic rings. The molecule has 1 aromatic heterocycles. The zero-order valence-electron chi connectivity index (χ0n) is 17.0. The smallest absolute Gasteiger partial charge is 0.374 e. The number of amides is 1. The molecule has 1 aliphatic heterocycles. The van der Waals surface area contributed by atoms with E-state index in [2.05, 4.69) is 10.3 Å². The fraction of sp³-hybridized carbons (Fsp3) is 0.250. The number of benzene rings is 2. The number of carbonyl (C=O) groups excluding carboxylic acids is 1. The fourth-order valence-electron chi connectivity index (χ4n) is 3.81. The van der Waals surface area contributed by atoms with Crippen molar-refractivity contribution in [2.45, 2.75) is 32.1 Å². The Kier molecular flexibility index (Phi) is 5.67. The summed E-state index contributed by atoms with van der Waals surface area (Å²) in [5, 5.41) is 3.19. The average molecular weight is 425 g/mol. The van der Waals surface area contributed by atoms with Gasteiger partial charge in [0.05, 0.1) is 5.56 Å². The second-order valence-corrected chi connectivity index (χ2v) is 7.67. The van der Waals surface area contributed by atoms with E-state index in [1.165, 1.54) is 12.1 Å². The summed E-state index contributed by atoms with van der Waals surface area (Å²) in [6.07, 6.45) is -0.272. The summed E-state index contributed by atoms with van der Waals surface area (Å²) >= 11 is 0. The van der Waals surface area contributed by atoms with E-state index in [9.17, 15) is 18.0 Å². The molecule has 0 bridgehead atoms. The van der Waals surface area contributed by atoms with Crippen molar-refractivity contribution in [2.24, 2.45) is 0 Å². The van der Waals surface area contributed by atoms with Gasteiger partial charge >= 0.3 is 6.18 Å². The molecule has 31 heavy (non-hydrogen) atoms. The van der Waals surface area contributed by atoms with Crippen LogP contribution in [0.3, 0.4) is 0 Å². The molecule has 160 valence electrons. The van der Waals surface area contributed by atoms with Gasteiger partial charge < -0.3 is 10.2 Å². The molecule has 0 fully saturated rings. The topological polar surface area (TPSA) is 45.2 Å². The van der Waals surface area contributed by atoms with Gasteiger partial charge in [0.2, 0.25) is 5.91 Å². The molecular weight excluding hydrogens is 403 g/mol. The first-order valence-corrected chi connectivity index (χ1v) is 10.1. The van der Waals surface area contributed by atoms with E-state index < -0.39 is 11.7 Å². The number of carbonyl (C=O) groups is 1. The number of alkyl halides is 3. The van der Waals surface area contributed by atoms with Crippen molar-refractivity contribution in [1.82, 2.24) is 9.88 Å². The van der Waals surface area contributed by atoms with Crippen molar-refractivity contribution in [3.63, 3.8) is 0 Å². The van der Waals surface area contributed by atoms with E-state index in [0.29, 0.717) is 18.7 Å². The van der Waals surface area contributed by atoms with Crippen LogP contribution in [0, 0.1) is 0 Å². The van der Waals surface area contributed by atoms with E-state index in [4.69, 9.17) is 0 Å². The minimum Gasteiger partial charge on any atom is -0.374 e. The zero-order valence-corrected chi connectivity index (χ0v) is 17.0. The van der Waals surface area contributed by atoms with Crippen molar-refractivity contribution < 1.29 is 18.0 Å². The Labute approximate surface area is 178 Å². The molecule has 0 saturated carbocycles. The molecule has 3 aromatic rings. The van der Waals surface area contributed by atoms with E-state index >= 15 is 0 Å². The van der Waals surface area contributed by atoms with Gasteiger partial charge in [-0.1, -0.05) is 24.3 Å². The molecule has 1 amide bonds. The fourth-order valence-corrected chi connectivity index (χ4v) is 3.81. The lowest BCUT2D eigenvalue weighted by Gasteiger charge is -2.31. The molecule has 2 aromatic carbocycles. The SMILES string of the molecule is C[C@@H](Nc1ccncc1)C(=O)N1CCc2ccc(-c3ccc(C(F)(F)F)cc3)cc2C1. The number of anilines is 1. The number of aromatic nitrogens is 1. The van der Waals surface area contributed by atoms with Gasteiger partial charge in [0.15, 0.2) is 0 Å². The molecule has 0 saturated heterocycles. The van der Waals surface area contributed by atoms with Gasteiger partial charge in [-0.2, -0.15) is 13.2 Å². The molecule has 0 aliphatic carbocycles. The first-order valence-electron chi connectivity index (χ1n) is 10.1. The predicted octanol–water partition coefficient (Wildman–Crippen LogP) is 5.15. The normalized spacial score (nSPS) is 14.6. The van der Waals surface area contributed by atoms with Crippen LogP contribution in [0.1, 0.15) is 23.6 Å². The van der Waals surface area contributed by atoms with Crippen LogP contribution >= 0.6 is 0 Å². The largest absolute Gasteiger partial charge is 0.416 e. The predicted molar refractivity (Wildman–Crippen MR) is 113 cm³/mol. The summed E-state index contributed by atoms with van der Waals surface area (Å²) in [5.41, 5.74) is 3.90. The summed E-state index contributed by atoms with van der Waals surface area (Å²) in [6.45, 7) is 2.94. The Balaban J connectivity index is 1.49. The summed E-state index contributed by atoms with van der Waals surface area (Å²) in [6, 6.07) is 14.3. The van der Waals surface area contributed by atoms with Gasteiger partial charge in [0.25, 0.3) is 0 Å². The highest BCUT2D eigenvalue weighted by atomic mass is 19.4. The van der Waals surface area contributed by atoms with Crippen molar-refractivity contribution in [1.29, 1.82) is 0 Å². The van der Waals surface area contributed by atoms with Crippen LogP contribution in [0.15, 0.2) is 67.0 Å². The Morgan fingerprint density at radius 2 is 1.68 bits per heavy atom. The minimum atomic E-state index is -4.35. The molecule has 7 heteroatoms. The summed E-state index contributed by atoms with van der Waals surface area (Å²) in [4.78, 5) is 18.7. The number of halogens is 3. The number of rotatable bonds is 4. The highest BCUT2D eigenvalue weighted by molar-refractivity contribution is 5.84. The van der Waals surface area contributed by atoms with Crippen LogP contribution in [0.2, 0.25) is 0 Å². The van der Waals surface area contributed by atoms with Crippen molar-refractivity contribution in [3.05, 3.63) is 83.7 Å². The third kappa shape index (κ3) is 4.71. The summed E-state index contributed by atoms with van der Waals surface area (Å²) in [5.74, 6) is 0.00222. The quantitative estimate of drug-likeness (QED) is 0.629. The molecule has 2 heterocycles. The van der Waals surface area contributed by atoms with Crippen LogP contribution in [0.25, 0.3) is 11.1 Å². The van der Waals surface area contributed by atoms with E-state index in [1.807, 2.05) is 42.2 Å². The van der Waals surface area contributed by atoms with Gasteiger partial charge in [-0.25, -0.2) is 0 Å². The number of pyridine rings is 1. The third-order valence-corrected chi connectivity index (χ3v) is 5.51. The first kappa shape index (κ1) is 20.9. The second-order valence-electron chi connectivity index (χ2n) is 7.67. The van der Waals surface area contributed by atoms with Crippen molar-refractivity contribution in [2.75, 3.05) is 11.9 Å². The van der Waals surface area contributed by atoms with Crippen LogP contribution in [-0.4, -0.2) is 28.4 Å².